The Bertz CT molecular complexity index is 546. The Morgan fingerprint density at radius 2 is 1.86 bits per heavy atom. The first-order chi connectivity index (χ1) is 9.79. The average Bonchev–Trinajstić information content (AvgIpc) is 2.89. The van der Waals surface area contributed by atoms with E-state index in [4.69, 9.17) is 5.73 Å². The molecule has 1 aliphatic heterocycles. The Morgan fingerprint density at radius 3 is 2.43 bits per heavy atom. The third kappa shape index (κ3) is 2.73. The molecule has 1 aromatic rings. The Kier molecular flexibility index (Phi) is 3.94. The van der Waals surface area contributed by atoms with Crippen molar-refractivity contribution in [2.45, 2.75) is 33.9 Å². The van der Waals surface area contributed by atoms with E-state index >= 15 is 0 Å². The number of hydrazine groups is 1. The number of hydrogen-bond acceptors (Lipinski definition) is 4. The lowest BCUT2D eigenvalue weighted by atomic mass is 9.66. The minimum absolute atomic E-state index is 0.117. The first-order valence-electron chi connectivity index (χ1n) is 7.01. The Balaban J connectivity index is 2.33. The summed E-state index contributed by atoms with van der Waals surface area (Å²) in [7, 11) is 0. The SMILES string of the molecule is CC(C)(/C=C\N)C(C)(C)C1N=CNN1c1ccc(F)cc1. The van der Waals surface area contributed by atoms with Gasteiger partial charge in [-0.1, -0.05) is 33.8 Å². The van der Waals surface area contributed by atoms with Gasteiger partial charge in [0.2, 0.25) is 0 Å². The highest BCUT2D eigenvalue weighted by atomic mass is 19.1. The van der Waals surface area contributed by atoms with Crippen molar-refractivity contribution < 1.29 is 4.39 Å². The molecular formula is C16H23FN4. The van der Waals surface area contributed by atoms with E-state index in [1.165, 1.54) is 12.1 Å². The number of hydrogen-bond donors (Lipinski definition) is 2. The van der Waals surface area contributed by atoms with Crippen molar-refractivity contribution in [2.75, 3.05) is 5.01 Å². The molecule has 3 N–H and O–H groups in total. The zero-order chi connectivity index (χ0) is 15.7. The molecule has 2 rings (SSSR count). The molecule has 0 aliphatic carbocycles. The van der Waals surface area contributed by atoms with E-state index in [1.54, 1.807) is 24.7 Å². The second-order valence-electron chi connectivity index (χ2n) is 6.43. The van der Waals surface area contributed by atoms with Gasteiger partial charge in [0.15, 0.2) is 0 Å². The van der Waals surface area contributed by atoms with E-state index in [0.29, 0.717) is 0 Å². The number of nitrogens with two attached hydrogens (primary N) is 1. The van der Waals surface area contributed by atoms with Gasteiger partial charge >= 0.3 is 0 Å². The number of nitrogens with zero attached hydrogens (tertiary/aromatic N) is 2. The summed E-state index contributed by atoms with van der Waals surface area (Å²) in [6.45, 7) is 8.57. The van der Waals surface area contributed by atoms with Crippen molar-refractivity contribution in [3.8, 4) is 0 Å². The molecule has 0 spiro atoms. The van der Waals surface area contributed by atoms with Crippen LogP contribution in [0.15, 0.2) is 41.5 Å². The van der Waals surface area contributed by atoms with Crippen molar-refractivity contribution in [1.29, 1.82) is 0 Å². The van der Waals surface area contributed by atoms with Crippen molar-refractivity contribution in [1.82, 2.24) is 5.43 Å². The van der Waals surface area contributed by atoms with Crippen LogP contribution in [-0.2, 0) is 0 Å². The lowest BCUT2D eigenvalue weighted by molar-refractivity contribution is 0.125. The van der Waals surface area contributed by atoms with E-state index in [0.717, 1.165) is 5.69 Å². The maximum Gasteiger partial charge on any atom is 0.147 e. The normalized spacial score (nSPS) is 19.3. The highest BCUT2D eigenvalue weighted by molar-refractivity contribution is 5.65. The zero-order valence-electron chi connectivity index (χ0n) is 13.0. The standard InChI is InChI=1S/C16H23FN4/c1-15(2,9-10-18)16(3,4)14-19-11-20-21(14)13-7-5-12(17)6-8-13/h5-11,14H,18H2,1-4H3,(H,19,20)/b10-9-. The maximum atomic E-state index is 13.1. The summed E-state index contributed by atoms with van der Waals surface area (Å²) in [4.78, 5) is 4.56. The van der Waals surface area contributed by atoms with Crippen LogP contribution in [0.4, 0.5) is 10.1 Å². The highest BCUT2D eigenvalue weighted by Gasteiger charge is 2.46. The van der Waals surface area contributed by atoms with Crippen LogP contribution in [-0.4, -0.2) is 12.5 Å². The number of rotatable bonds is 4. The van der Waals surface area contributed by atoms with Crippen LogP contribution in [0.5, 0.6) is 0 Å². The fraction of sp³-hybridized carbons (Fsp3) is 0.438. The number of anilines is 1. The molecule has 114 valence electrons. The molecule has 1 unspecified atom stereocenters. The third-order valence-corrected chi connectivity index (χ3v) is 4.58. The number of nitrogens with one attached hydrogen (secondary N) is 1. The van der Waals surface area contributed by atoms with Crippen LogP contribution in [0.2, 0.25) is 0 Å². The van der Waals surface area contributed by atoms with Gasteiger partial charge in [-0.2, -0.15) is 0 Å². The molecule has 1 aromatic carbocycles. The second kappa shape index (κ2) is 5.39. The van der Waals surface area contributed by atoms with E-state index in [1.807, 2.05) is 11.1 Å². The van der Waals surface area contributed by atoms with Gasteiger partial charge in [0.1, 0.15) is 18.3 Å². The van der Waals surface area contributed by atoms with Crippen LogP contribution < -0.4 is 16.2 Å². The number of halogens is 1. The van der Waals surface area contributed by atoms with E-state index in [-0.39, 0.29) is 22.8 Å². The minimum Gasteiger partial charge on any atom is -0.405 e. The number of allylic oxidation sites excluding steroid dienone is 1. The molecule has 1 atom stereocenters. The van der Waals surface area contributed by atoms with Gasteiger partial charge in [0.25, 0.3) is 0 Å². The second-order valence-corrected chi connectivity index (χ2v) is 6.43. The van der Waals surface area contributed by atoms with E-state index < -0.39 is 0 Å². The first kappa shape index (κ1) is 15.4. The van der Waals surface area contributed by atoms with Gasteiger partial charge in [-0.25, -0.2) is 9.38 Å². The number of aliphatic imine (C=N–C) groups is 1. The molecule has 0 saturated heterocycles. The molecular weight excluding hydrogens is 267 g/mol. The van der Waals surface area contributed by atoms with Crippen LogP contribution in [0.3, 0.4) is 0 Å². The van der Waals surface area contributed by atoms with Crippen molar-refractivity contribution in [2.24, 2.45) is 21.6 Å². The first-order valence-corrected chi connectivity index (χ1v) is 7.01. The van der Waals surface area contributed by atoms with Gasteiger partial charge < -0.3 is 5.73 Å². The molecule has 5 heteroatoms. The minimum atomic E-state index is -0.249. The van der Waals surface area contributed by atoms with E-state index in [2.05, 4.69) is 38.1 Å². The monoisotopic (exact) mass is 290 g/mol. The smallest absolute Gasteiger partial charge is 0.147 e. The van der Waals surface area contributed by atoms with Gasteiger partial charge in [0.05, 0.1) is 5.69 Å². The van der Waals surface area contributed by atoms with Gasteiger partial charge in [-0.3, -0.25) is 10.4 Å². The molecule has 0 bridgehead atoms. The topological polar surface area (TPSA) is 53.6 Å². The van der Waals surface area contributed by atoms with Crippen molar-refractivity contribution in [3.63, 3.8) is 0 Å². The molecule has 0 radical (unpaired) electrons. The summed E-state index contributed by atoms with van der Waals surface area (Å²) in [6, 6.07) is 6.38. The lowest BCUT2D eigenvalue weighted by Crippen LogP contribution is -2.51. The van der Waals surface area contributed by atoms with Gasteiger partial charge in [-0.15, -0.1) is 0 Å². The molecule has 0 saturated carbocycles. The van der Waals surface area contributed by atoms with Gasteiger partial charge in [0, 0.05) is 5.41 Å². The average molecular weight is 290 g/mol. The third-order valence-electron chi connectivity index (χ3n) is 4.58. The van der Waals surface area contributed by atoms with Crippen LogP contribution >= 0.6 is 0 Å². The summed E-state index contributed by atoms with van der Waals surface area (Å²) in [6.07, 6.45) is 5.13. The predicted octanol–water partition coefficient (Wildman–Crippen LogP) is 3.03. The van der Waals surface area contributed by atoms with Crippen LogP contribution in [0, 0.1) is 16.6 Å². The summed E-state index contributed by atoms with van der Waals surface area (Å²) in [5.74, 6) is -0.249. The fourth-order valence-electron chi connectivity index (χ4n) is 2.42. The molecule has 0 amide bonds. The largest absolute Gasteiger partial charge is 0.405 e. The molecule has 4 nitrogen and oxygen atoms in total. The van der Waals surface area contributed by atoms with Crippen molar-refractivity contribution in [3.05, 3.63) is 42.4 Å². The van der Waals surface area contributed by atoms with Crippen LogP contribution in [0.1, 0.15) is 27.7 Å². The van der Waals surface area contributed by atoms with Crippen LogP contribution in [0.25, 0.3) is 0 Å². The fourth-order valence-corrected chi connectivity index (χ4v) is 2.42. The van der Waals surface area contributed by atoms with Crippen molar-refractivity contribution >= 4 is 12.0 Å². The number of benzene rings is 1. The Hall–Kier alpha value is -2.04. The molecule has 1 heterocycles. The quantitative estimate of drug-likeness (QED) is 0.896. The summed E-state index contributed by atoms with van der Waals surface area (Å²) in [5.41, 5.74) is 9.23. The Labute approximate surface area is 125 Å². The summed E-state index contributed by atoms with van der Waals surface area (Å²) >= 11 is 0. The summed E-state index contributed by atoms with van der Waals surface area (Å²) < 4.78 is 13.1. The molecule has 1 aliphatic rings. The highest BCUT2D eigenvalue weighted by Crippen LogP contribution is 2.45. The zero-order valence-corrected chi connectivity index (χ0v) is 13.0. The molecule has 0 fully saturated rings. The Morgan fingerprint density at radius 1 is 1.24 bits per heavy atom. The van der Waals surface area contributed by atoms with Gasteiger partial charge in [-0.05, 0) is 35.9 Å². The maximum absolute atomic E-state index is 13.1. The van der Waals surface area contributed by atoms with E-state index in [9.17, 15) is 4.39 Å². The molecule has 0 aromatic heterocycles. The summed E-state index contributed by atoms with van der Waals surface area (Å²) in [5, 5.41) is 1.95. The molecule has 21 heavy (non-hydrogen) atoms. The predicted molar refractivity (Wildman–Crippen MR) is 85.2 cm³/mol. The lowest BCUT2D eigenvalue weighted by Gasteiger charge is -2.45.